The van der Waals surface area contributed by atoms with E-state index in [4.69, 9.17) is 15.6 Å². The number of aliphatic carboxylic acids is 1. The van der Waals surface area contributed by atoms with Crippen LogP contribution in [0.1, 0.15) is 0 Å². The van der Waals surface area contributed by atoms with Gasteiger partial charge in [-0.15, -0.1) is 11.3 Å². The highest BCUT2D eigenvalue weighted by molar-refractivity contribution is 7.21. The predicted octanol–water partition coefficient (Wildman–Crippen LogP) is 3.33. The van der Waals surface area contributed by atoms with E-state index in [0.29, 0.717) is 0 Å². The molecule has 3 aromatic rings. The smallest absolute Gasteiger partial charge is 0.475 e. The summed E-state index contributed by atoms with van der Waals surface area (Å²) in [6, 6.07) is 10.0. The molecule has 0 spiro atoms. The van der Waals surface area contributed by atoms with Crippen LogP contribution in [0.3, 0.4) is 0 Å². The van der Waals surface area contributed by atoms with Crippen molar-refractivity contribution in [2.75, 3.05) is 43.9 Å². The van der Waals surface area contributed by atoms with Gasteiger partial charge in [0.25, 0.3) is 0 Å². The van der Waals surface area contributed by atoms with Crippen LogP contribution in [0.15, 0.2) is 36.5 Å². The number of anilines is 2. The zero-order valence-corrected chi connectivity index (χ0v) is 16.9. The van der Waals surface area contributed by atoms with Crippen LogP contribution in [0, 0.1) is 0 Å². The van der Waals surface area contributed by atoms with Crippen LogP contribution in [0.2, 0.25) is 0 Å². The molecule has 0 unspecified atom stereocenters. The Bertz CT molecular complexity index is 1020. The van der Waals surface area contributed by atoms with Crippen molar-refractivity contribution >= 4 is 39.0 Å². The van der Waals surface area contributed by atoms with Crippen LogP contribution in [0.4, 0.5) is 24.7 Å². The third kappa shape index (κ3) is 5.36. The van der Waals surface area contributed by atoms with E-state index in [1.54, 1.807) is 11.3 Å². The Morgan fingerprint density at radius 3 is 2.40 bits per heavy atom. The number of benzene rings is 1. The number of likely N-dealkylation sites (N-methyl/N-ethyl adjacent to an activating group) is 1. The van der Waals surface area contributed by atoms with Gasteiger partial charge in [-0.2, -0.15) is 13.2 Å². The zero-order chi connectivity index (χ0) is 21.9. The van der Waals surface area contributed by atoms with Crippen molar-refractivity contribution in [2.45, 2.75) is 6.18 Å². The number of rotatable bonds is 2. The van der Waals surface area contributed by atoms with E-state index in [9.17, 15) is 13.2 Å². The number of nitrogen functional groups attached to an aromatic ring is 1. The maximum atomic E-state index is 10.6. The van der Waals surface area contributed by atoms with E-state index in [2.05, 4.69) is 38.9 Å². The molecule has 1 saturated heterocycles. The van der Waals surface area contributed by atoms with Crippen molar-refractivity contribution in [3.05, 3.63) is 36.5 Å². The van der Waals surface area contributed by atoms with Gasteiger partial charge in [0.15, 0.2) is 0 Å². The molecule has 11 heteroatoms. The Balaban J connectivity index is 0.000000318. The van der Waals surface area contributed by atoms with Crippen LogP contribution in [-0.4, -0.2) is 65.3 Å². The molecule has 2 aromatic heterocycles. The number of nitrogens with zero attached hydrogens (tertiary/aromatic N) is 4. The maximum Gasteiger partial charge on any atom is 0.490 e. The number of thiazole rings is 1. The number of nitrogens with two attached hydrogens (primary N) is 1. The molecule has 3 N–H and O–H groups in total. The highest BCUT2D eigenvalue weighted by Gasteiger charge is 2.38. The fourth-order valence-corrected chi connectivity index (χ4v) is 3.80. The Kier molecular flexibility index (Phi) is 6.42. The van der Waals surface area contributed by atoms with E-state index in [0.717, 1.165) is 58.5 Å². The molecule has 160 valence electrons. The van der Waals surface area contributed by atoms with E-state index in [1.165, 1.54) is 0 Å². The highest BCUT2D eigenvalue weighted by atomic mass is 32.1. The van der Waals surface area contributed by atoms with Gasteiger partial charge < -0.3 is 20.6 Å². The quantitative estimate of drug-likeness (QED) is 0.592. The molecule has 1 aromatic carbocycles. The first-order valence-corrected chi connectivity index (χ1v) is 9.81. The molecular formula is C19H20F3N5O2S. The second-order valence-electron chi connectivity index (χ2n) is 6.74. The SMILES string of the molecule is CN1CCN(c2ccc(-c3nc4ccc(N)cc4s3)cn2)CC1.O=C(O)C(F)(F)F. The molecule has 0 saturated carbocycles. The number of alkyl halides is 3. The number of hydrogen-bond donors (Lipinski definition) is 2. The molecule has 0 aliphatic carbocycles. The molecule has 0 atom stereocenters. The van der Waals surface area contributed by atoms with Gasteiger partial charge in [0.2, 0.25) is 0 Å². The first kappa shape index (κ1) is 21.8. The van der Waals surface area contributed by atoms with Crippen molar-refractivity contribution in [3.8, 4) is 10.6 Å². The second kappa shape index (κ2) is 8.84. The fraction of sp³-hybridized carbons (Fsp3) is 0.316. The molecule has 0 bridgehead atoms. The first-order chi connectivity index (χ1) is 14.1. The summed E-state index contributed by atoms with van der Waals surface area (Å²) in [5.74, 6) is -1.71. The Labute approximate surface area is 174 Å². The topological polar surface area (TPSA) is 95.6 Å². The first-order valence-electron chi connectivity index (χ1n) is 8.99. The largest absolute Gasteiger partial charge is 0.490 e. The van der Waals surface area contributed by atoms with Crippen molar-refractivity contribution in [1.82, 2.24) is 14.9 Å². The molecule has 7 nitrogen and oxygen atoms in total. The number of carboxylic acid groups (broad SMARTS) is 1. The number of fused-ring (bicyclic) bond motifs is 1. The number of pyridine rings is 1. The molecule has 3 heterocycles. The molecule has 1 aliphatic heterocycles. The number of halogens is 3. The molecule has 1 aliphatic rings. The summed E-state index contributed by atoms with van der Waals surface area (Å²) in [6.07, 6.45) is -3.16. The number of aromatic nitrogens is 2. The number of carboxylic acids is 1. The molecule has 4 rings (SSSR count). The van der Waals surface area contributed by atoms with Gasteiger partial charge >= 0.3 is 12.1 Å². The summed E-state index contributed by atoms with van der Waals surface area (Å²) in [5, 5.41) is 8.11. The van der Waals surface area contributed by atoms with Crippen molar-refractivity contribution < 1.29 is 23.1 Å². The van der Waals surface area contributed by atoms with Gasteiger partial charge in [-0.05, 0) is 37.4 Å². The molecule has 0 amide bonds. The Hall–Kier alpha value is -2.92. The molecule has 0 radical (unpaired) electrons. The van der Waals surface area contributed by atoms with E-state index in [1.807, 2.05) is 24.4 Å². The van der Waals surface area contributed by atoms with Crippen molar-refractivity contribution in [2.24, 2.45) is 0 Å². The van der Waals surface area contributed by atoms with Gasteiger partial charge in [0.05, 0.1) is 10.2 Å². The minimum atomic E-state index is -5.08. The third-order valence-electron chi connectivity index (χ3n) is 4.48. The Morgan fingerprint density at radius 2 is 1.83 bits per heavy atom. The van der Waals surface area contributed by atoms with Gasteiger partial charge in [0.1, 0.15) is 10.8 Å². The van der Waals surface area contributed by atoms with E-state index < -0.39 is 12.1 Å². The lowest BCUT2D eigenvalue weighted by Crippen LogP contribution is -2.44. The normalized spacial score (nSPS) is 15.0. The van der Waals surface area contributed by atoms with Crippen molar-refractivity contribution in [1.29, 1.82) is 0 Å². The number of carbonyl (C=O) groups is 1. The lowest BCUT2D eigenvalue weighted by molar-refractivity contribution is -0.192. The third-order valence-corrected chi connectivity index (χ3v) is 5.54. The Morgan fingerprint density at radius 1 is 1.17 bits per heavy atom. The minimum absolute atomic E-state index is 0.774. The summed E-state index contributed by atoms with van der Waals surface area (Å²) in [7, 11) is 2.16. The second-order valence-corrected chi connectivity index (χ2v) is 7.78. The average Bonchev–Trinajstić information content (AvgIpc) is 3.11. The summed E-state index contributed by atoms with van der Waals surface area (Å²) in [4.78, 5) is 22.9. The van der Waals surface area contributed by atoms with E-state index >= 15 is 0 Å². The molecule has 1 fully saturated rings. The monoisotopic (exact) mass is 439 g/mol. The molecular weight excluding hydrogens is 419 g/mol. The van der Waals surface area contributed by atoms with Crippen molar-refractivity contribution in [3.63, 3.8) is 0 Å². The lowest BCUT2D eigenvalue weighted by Gasteiger charge is -2.33. The highest BCUT2D eigenvalue weighted by Crippen LogP contribution is 2.31. The van der Waals surface area contributed by atoms with E-state index in [-0.39, 0.29) is 0 Å². The van der Waals surface area contributed by atoms with Crippen LogP contribution in [-0.2, 0) is 4.79 Å². The maximum absolute atomic E-state index is 10.6. The van der Waals surface area contributed by atoms with Crippen LogP contribution >= 0.6 is 11.3 Å². The fourth-order valence-electron chi connectivity index (χ4n) is 2.80. The molecule has 30 heavy (non-hydrogen) atoms. The van der Waals surface area contributed by atoms with Crippen LogP contribution < -0.4 is 10.6 Å². The van der Waals surface area contributed by atoms with Crippen LogP contribution in [0.5, 0.6) is 0 Å². The zero-order valence-electron chi connectivity index (χ0n) is 16.1. The average molecular weight is 439 g/mol. The van der Waals surface area contributed by atoms with Gasteiger partial charge in [-0.1, -0.05) is 0 Å². The summed E-state index contributed by atoms with van der Waals surface area (Å²) in [6.45, 7) is 4.23. The minimum Gasteiger partial charge on any atom is -0.475 e. The number of hydrogen-bond acceptors (Lipinski definition) is 7. The summed E-state index contributed by atoms with van der Waals surface area (Å²) in [5.41, 5.74) is 8.66. The van der Waals surface area contributed by atoms with Gasteiger partial charge in [0, 0.05) is 43.6 Å². The number of piperazine rings is 1. The summed E-state index contributed by atoms with van der Waals surface area (Å²) < 4.78 is 32.9. The lowest BCUT2D eigenvalue weighted by atomic mass is 10.2. The predicted molar refractivity (Wildman–Crippen MR) is 111 cm³/mol. The standard InChI is InChI=1S/C17H19N5S.C2HF3O2/c1-21-6-8-22(9-7-21)16-5-2-12(11-19-16)17-20-14-4-3-13(18)10-15(14)23-17;3-2(4,5)1(6)7/h2-5,10-11H,6-9,18H2,1H3;(H,6,7). The van der Waals surface area contributed by atoms with Gasteiger partial charge in [-0.25, -0.2) is 14.8 Å². The van der Waals surface area contributed by atoms with Crippen LogP contribution in [0.25, 0.3) is 20.8 Å². The summed E-state index contributed by atoms with van der Waals surface area (Å²) >= 11 is 1.65. The van der Waals surface area contributed by atoms with Gasteiger partial charge in [-0.3, -0.25) is 0 Å².